The first kappa shape index (κ1) is 10.7. The van der Waals surface area contributed by atoms with Crippen LogP contribution in [0.15, 0.2) is 29.2 Å². The van der Waals surface area contributed by atoms with Crippen molar-refractivity contribution in [2.75, 3.05) is 6.26 Å². The van der Waals surface area contributed by atoms with Gasteiger partial charge in [-0.2, -0.15) is 0 Å². The largest absolute Gasteiger partial charge is 0.300 e. The summed E-state index contributed by atoms with van der Waals surface area (Å²) < 4.78 is 0. The van der Waals surface area contributed by atoms with E-state index in [0.29, 0.717) is 11.7 Å². The number of carbonyl (C=O) groups is 1. The highest BCUT2D eigenvalue weighted by molar-refractivity contribution is 7.98. The summed E-state index contributed by atoms with van der Waals surface area (Å²) in [7, 11) is 0. The van der Waals surface area contributed by atoms with Crippen molar-refractivity contribution >= 4 is 17.5 Å². The molecule has 1 aliphatic rings. The summed E-state index contributed by atoms with van der Waals surface area (Å²) >= 11 is 1.77. The topological polar surface area (TPSA) is 17.1 Å². The van der Waals surface area contributed by atoms with Crippen molar-refractivity contribution in [3.63, 3.8) is 0 Å². The molecule has 0 spiro atoms. The third kappa shape index (κ3) is 2.63. The number of hydrogen-bond acceptors (Lipinski definition) is 2. The molecule has 0 bridgehead atoms. The van der Waals surface area contributed by atoms with E-state index in [9.17, 15) is 4.79 Å². The van der Waals surface area contributed by atoms with Crippen LogP contribution >= 0.6 is 11.8 Å². The van der Waals surface area contributed by atoms with E-state index >= 15 is 0 Å². The van der Waals surface area contributed by atoms with Crippen LogP contribution in [0.5, 0.6) is 0 Å². The van der Waals surface area contributed by atoms with Gasteiger partial charge in [0.2, 0.25) is 0 Å². The summed E-state index contributed by atoms with van der Waals surface area (Å²) in [5.74, 6) is 1.05. The second kappa shape index (κ2) is 4.84. The van der Waals surface area contributed by atoms with Gasteiger partial charge in [0, 0.05) is 17.7 Å². The standard InChI is InChI=1S/C13H16OS/c1-15-13-8-4-11(5-9-13)10-2-6-12(14)7-3-10/h4-5,8-10H,2-3,6-7H2,1H3. The zero-order valence-corrected chi connectivity index (χ0v) is 9.85. The molecule has 1 fully saturated rings. The van der Waals surface area contributed by atoms with Gasteiger partial charge >= 0.3 is 0 Å². The molecule has 1 saturated carbocycles. The number of benzene rings is 1. The number of carbonyl (C=O) groups excluding carboxylic acids is 1. The third-order valence-corrected chi connectivity index (χ3v) is 3.87. The highest BCUT2D eigenvalue weighted by Crippen LogP contribution is 2.31. The predicted octanol–water partition coefficient (Wildman–Crippen LogP) is 3.64. The van der Waals surface area contributed by atoms with E-state index in [1.165, 1.54) is 10.5 Å². The quantitative estimate of drug-likeness (QED) is 0.708. The number of hydrogen-bond donors (Lipinski definition) is 0. The monoisotopic (exact) mass is 220 g/mol. The van der Waals surface area contributed by atoms with Gasteiger partial charge in [-0.1, -0.05) is 12.1 Å². The van der Waals surface area contributed by atoms with Gasteiger partial charge in [-0.15, -0.1) is 11.8 Å². The molecule has 0 aromatic heterocycles. The van der Waals surface area contributed by atoms with Crippen molar-refractivity contribution < 1.29 is 4.79 Å². The Hall–Kier alpha value is -0.760. The van der Waals surface area contributed by atoms with Crippen LogP contribution in [0.2, 0.25) is 0 Å². The van der Waals surface area contributed by atoms with E-state index < -0.39 is 0 Å². The van der Waals surface area contributed by atoms with Gasteiger partial charge in [0.1, 0.15) is 5.78 Å². The van der Waals surface area contributed by atoms with E-state index in [0.717, 1.165) is 25.7 Å². The van der Waals surface area contributed by atoms with Gasteiger partial charge in [0.15, 0.2) is 0 Å². The summed E-state index contributed by atoms with van der Waals surface area (Å²) in [5, 5.41) is 0. The van der Waals surface area contributed by atoms with E-state index in [1.807, 2.05) is 0 Å². The Kier molecular flexibility index (Phi) is 3.47. The zero-order chi connectivity index (χ0) is 10.7. The van der Waals surface area contributed by atoms with E-state index in [1.54, 1.807) is 11.8 Å². The molecular weight excluding hydrogens is 204 g/mol. The van der Waals surface area contributed by atoms with Crippen LogP contribution in [0, 0.1) is 0 Å². The lowest BCUT2D eigenvalue weighted by molar-refractivity contribution is -0.120. The Morgan fingerprint density at radius 3 is 2.27 bits per heavy atom. The van der Waals surface area contributed by atoms with Gasteiger partial charge in [-0.3, -0.25) is 4.79 Å². The van der Waals surface area contributed by atoms with Crippen molar-refractivity contribution in [1.29, 1.82) is 0 Å². The molecule has 0 saturated heterocycles. The minimum atomic E-state index is 0.437. The van der Waals surface area contributed by atoms with Crippen LogP contribution in [-0.2, 0) is 4.79 Å². The lowest BCUT2D eigenvalue weighted by Gasteiger charge is -2.21. The van der Waals surface area contributed by atoms with Crippen molar-refractivity contribution in [2.45, 2.75) is 36.5 Å². The lowest BCUT2D eigenvalue weighted by atomic mass is 9.83. The molecule has 1 aromatic carbocycles. The van der Waals surface area contributed by atoms with Gasteiger partial charge in [-0.05, 0) is 42.7 Å². The smallest absolute Gasteiger partial charge is 0.132 e. The van der Waals surface area contributed by atoms with Crippen molar-refractivity contribution in [3.05, 3.63) is 29.8 Å². The molecule has 2 heteroatoms. The van der Waals surface area contributed by atoms with E-state index in [2.05, 4.69) is 30.5 Å². The molecule has 0 atom stereocenters. The maximum atomic E-state index is 11.1. The van der Waals surface area contributed by atoms with Crippen LogP contribution < -0.4 is 0 Å². The molecule has 1 aromatic rings. The fourth-order valence-electron chi connectivity index (χ4n) is 2.15. The Bertz CT molecular complexity index is 332. The number of thioether (sulfide) groups is 1. The number of rotatable bonds is 2. The second-order valence-electron chi connectivity index (χ2n) is 4.09. The molecular formula is C13H16OS. The maximum absolute atomic E-state index is 11.1. The predicted molar refractivity (Wildman–Crippen MR) is 64.4 cm³/mol. The first-order valence-electron chi connectivity index (χ1n) is 5.45. The highest BCUT2D eigenvalue weighted by atomic mass is 32.2. The molecule has 1 nitrogen and oxygen atoms in total. The van der Waals surface area contributed by atoms with Gasteiger partial charge in [0.05, 0.1) is 0 Å². The molecule has 0 amide bonds. The fourth-order valence-corrected chi connectivity index (χ4v) is 2.56. The van der Waals surface area contributed by atoms with Crippen molar-refractivity contribution in [1.82, 2.24) is 0 Å². The molecule has 0 aliphatic heterocycles. The van der Waals surface area contributed by atoms with Gasteiger partial charge in [-0.25, -0.2) is 0 Å². The Balaban J connectivity index is 2.06. The summed E-state index contributed by atoms with van der Waals surface area (Å²) in [6, 6.07) is 8.78. The first-order valence-corrected chi connectivity index (χ1v) is 6.67. The average molecular weight is 220 g/mol. The molecule has 0 unspecified atom stereocenters. The molecule has 80 valence electrons. The average Bonchev–Trinajstić information content (AvgIpc) is 2.30. The summed E-state index contributed by atoms with van der Waals surface area (Å²) in [6.07, 6.45) is 5.72. The molecule has 2 rings (SSSR count). The van der Waals surface area contributed by atoms with Crippen LogP contribution in [-0.4, -0.2) is 12.0 Å². The summed E-state index contributed by atoms with van der Waals surface area (Å²) in [6.45, 7) is 0. The van der Waals surface area contributed by atoms with E-state index in [-0.39, 0.29) is 0 Å². The van der Waals surface area contributed by atoms with Crippen molar-refractivity contribution in [3.8, 4) is 0 Å². The zero-order valence-electron chi connectivity index (χ0n) is 9.03. The maximum Gasteiger partial charge on any atom is 0.132 e. The van der Waals surface area contributed by atoms with Gasteiger partial charge in [0.25, 0.3) is 0 Å². The molecule has 0 radical (unpaired) electrons. The Morgan fingerprint density at radius 2 is 1.73 bits per heavy atom. The SMILES string of the molecule is CSc1ccc(C2CCC(=O)CC2)cc1. The minimum Gasteiger partial charge on any atom is -0.300 e. The fraction of sp³-hybridized carbons (Fsp3) is 0.462. The minimum absolute atomic E-state index is 0.437. The Morgan fingerprint density at radius 1 is 1.13 bits per heavy atom. The van der Waals surface area contributed by atoms with Crippen LogP contribution in [0.4, 0.5) is 0 Å². The third-order valence-electron chi connectivity index (χ3n) is 3.13. The molecule has 0 heterocycles. The molecule has 1 aliphatic carbocycles. The molecule has 0 N–H and O–H groups in total. The van der Waals surface area contributed by atoms with Gasteiger partial charge < -0.3 is 0 Å². The Labute approximate surface area is 95.3 Å². The normalized spacial score (nSPS) is 18.1. The summed E-state index contributed by atoms with van der Waals surface area (Å²) in [5.41, 5.74) is 1.40. The van der Waals surface area contributed by atoms with E-state index in [4.69, 9.17) is 0 Å². The van der Waals surface area contributed by atoms with Crippen molar-refractivity contribution in [2.24, 2.45) is 0 Å². The number of Topliss-reactive ketones (excluding diaryl/α,β-unsaturated/α-hetero) is 1. The van der Waals surface area contributed by atoms with Crippen LogP contribution in [0.3, 0.4) is 0 Å². The highest BCUT2D eigenvalue weighted by Gasteiger charge is 2.19. The summed E-state index contributed by atoms with van der Waals surface area (Å²) in [4.78, 5) is 12.4. The second-order valence-corrected chi connectivity index (χ2v) is 4.97. The molecule has 15 heavy (non-hydrogen) atoms. The lowest BCUT2D eigenvalue weighted by Crippen LogP contribution is -2.12. The van der Waals surface area contributed by atoms with Crippen LogP contribution in [0.1, 0.15) is 37.2 Å². The first-order chi connectivity index (χ1) is 7.29. The number of ketones is 1. The van der Waals surface area contributed by atoms with Crippen LogP contribution in [0.25, 0.3) is 0 Å².